The van der Waals surface area contributed by atoms with Crippen LogP contribution < -0.4 is 10.1 Å². The standard InChI is InChI=1S/C16H11BrFN3O3/c1-24-15-5-3-10(7-12(15)18)20-16-11-6-9(17)2-4-13(11)19-8-14(16)21(22)23/h2-8H,1H3,(H,19,20). The van der Waals surface area contributed by atoms with E-state index in [1.54, 1.807) is 24.3 Å². The largest absolute Gasteiger partial charge is 0.494 e. The van der Waals surface area contributed by atoms with Crippen LogP contribution in [0.3, 0.4) is 0 Å². The van der Waals surface area contributed by atoms with Crippen molar-refractivity contribution in [1.82, 2.24) is 4.98 Å². The van der Waals surface area contributed by atoms with Crippen LogP contribution in [0.15, 0.2) is 47.1 Å². The number of hydrogen-bond acceptors (Lipinski definition) is 5. The second-order valence-electron chi connectivity index (χ2n) is 4.91. The van der Waals surface area contributed by atoms with Crippen LogP contribution in [0.5, 0.6) is 5.75 Å². The molecule has 0 saturated heterocycles. The molecule has 3 rings (SSSR count). The van der Waals surface area contributed by atoms with Crippen LogP contribution in [-0.2, 0) is 0 Å². The number of anilines is 2. The highest BCUT2D eigenvalue weighted by atomic mass is 79.9. The second kappa shape index (κ2) is 6.40. The Morgan fingerprint density at radius 3 is 2.75 bits per heavy atom. The molecule has 1 N–H and O–H groups in total. The number of pyridine rings is 1. The van der Waals surface area contributed by atoms with E-state index in [0.29, 0.717) is 16.6 Å². The molecular weight excluding hydrogens is 381 g/mol. The van der Waals surface area contributed by atoms with Gasteiger partial charge in [0.05, 0.1) is 17.5 Å². The number of rotatable bonds is 4. The van der Waals surface area contributed by atoms with Gasteiger partial charge in [0.1, 0.15) is 11.9 Å². The molecule has 0 unspecified atom stereocenters. The lowest BCUT2D eigenvalue weighted by molar-refractivity contribution is -0.384. The minimum atomic E-state index is -0.565. The number of ether oxygens (including phenoxy) is 1. The van der Waals surface area contributed by atoms with Gasteiger partial charge in [-0.2, -0.15) is 0 Å². The Bertz CT molecular complexity index is 949. The fourth-order valence-electron chi connectivity index (χ4n) is 2.31. The third-order valence-electron chi connectivity index (χ3n) is 3.43. The van der Waals surface area contributed by atoms with E-state index in [9.17, 15) is 14.5 Å². The first-order chi connectivity index (χ1) is 11.5. The van der Waals surface area contributed by atoms with E-state index in [4.69, 9.17) is 4.74 Å². The number of fused-ring (bicyclic) bond motifs is 1. The van der Waals surface area contributed by atoms with Crippen LogP contribution in [-0.4, -0.2) is 17.0 Å². The van der Waals surface area contributed by atoms with Crippen molar-refractivity contribution in [3.05, 3.63) is 63.0 Å². The Hall–Kier alpha value is -2.74. The maximum Gasteiger partial charge on any atom is 0.311 e. The van der Waals surface area contributed by atoms with Crippen LogP contribution in [0, 0.1) is 15.9 Å². The molecule has 1 heterocycles. The van der Waals surface area contributed by atoms with Crippen molar-refractivity contribution in [3.63, 3.8) is 0 Å². The quantitative estimate of drug-likeness (QED) is 0.510. The van der Waals surface area contributed by atoms with E-state index in [-0.39, 0.29) is 17.1 Å². The fourth-order valence-corrected chi connectivity index (χ4v) is 2.67. The molecule has 0 atom stereocenters. The van der Waals surface area contributed by atoms with Gasteiger partial charge in [0.2, 0.25) is 0 Å². The maximum absolute atomic E-state index is 13.9. The Kier molecular flexibility index (Phi) is 4.30. The number of nitrogens with one attached hydrogen (secondary N) is 1. The van der Waals surface area contributed by atoms with Gasteiger partial charge >= 0.3 is 5.69 Å². The van der Waals surface area contributed by atoms with Gasteiger partial charge in [0.25, 0.3) is 0 Å². The smallest absolute Gasteiger partial charge is 0.311 e. The summed E-state index contributed by atoms with van der Waals surface area (Å²) in [6.07, 6.45) is 1.18. The number of hydrogen-bond donors (Lipinski definition) is 1. The molecule has 0 radical (unpaired) electrons. The highest BCUT2D eigenvalue weighted by Gasteiger charge is 2.19. The summed E-state index contributed by atoms with van der Waals surface area (Å²) in [5.74, 6) is -0.470. The van der Waals surface area contributed by atoms with Gasteiger partial charge < -0.3 is 10.1 Å². The number of aromatic nitrogens is 1. The van der Waals surface area contributed by atoms with E-state index in [2.05, 4.69) is 26.2 Å². The highest BCUT2D eigenvalue weighted by Crippen LogP contribution is 2.36. The summed E-state index contributed by atoms with van der Waals surface area (Å²) in [4.78, 5) is 14.9. The maximum atomic E-state index is 13.9. The molecule has 122 valence electrons. The summed E-state index contributed by atoms with van der Waals surface area (Å²) >= 11 is 3.34. The van der Waals surface area contributed by atoms with Crippen molar-refractivity contribution in [1.29, 1.82) is 0 Å². The number of nitrogens with zero attached hydrogens (tertiary/aromatic N) is 2. The third-order valence-corrected chi connectivity index (χ3v) is 3.92. The molecule has 0 bridgehead atoms. The third kappa shape index (κ3) is 3.00. The zero-order valence-corrected chi connectivity index (χ0v) is 14.0. The Balaban J connectivity index is 2.16. The molecule has 1 aromatic heterocycles. The molecule has 0 aliphatic rings. The molecular formula is C16H11BrFN3O3. The Morgan fingerprint density at radius 2 is 2.08 bits per heavy atom. The molecule has 0 amide bonds. The minimum absolute atomic E-state index is 0.0948. The number of nitro groups is 1. The van der Waals surface area contributed by atoms with Crippen LogP contribution >= 0.6 is 15.9 Å². The van der Waals surface area contributed by atoms with Crippen molar-refractivity contribution < 1.29 is 14.1 Å². The lowest BCUT2D eigenvalue weighted by Gasteiger charge is -2.11. The van der Waals surface area contributed by atoms with Crippen molar-refractivity contribution in [2.75, 3.05) is 12.4 Å². The van der Waals surface area contributed by atoms with Gasteiger partial charge in [-0.1, -0.05) is 15.9 Å². The zero-order valence-electron chi connectivity index (χ0n) is 12.4. The molecule has 0 fully saturated rings. The SMILES string of the molecule is COc1ccc(Nc2c([N+](=O)[O-])cnc3ccc(Br)cc23)cc1F. The summed E-state index contributed by atoms with van der Waals surface area (Å²) in [6.45, 7) is 0. The van der Waals surface area contributed by atoms with Crippen molar-refractivity contribution in [2.45, 2.75) is 0 Å². The number of halogens is 2. The first-order valence-corrected chi connectivity index (χ1v) is 7.62. The molecule has 0 aliphatic carbocycles. The predicted molar refractivity (Wildman–Crippen MR) is 92.3 cm³/mol. The lowest BCUT2D eigenvalue weighted by Crippen LogP contribution is -2.00. The molecule has 6 nitrogen and oxygen atoms in total. The van der Waals surface area contributed by atoms with Crippen molar-refractivity contribution in [3.8, 4) is 5.75 Å². The summed E-state index contributed by atoms with van der Waals surface area (Å²) in [5.41, 5.74) is 0.997. The molecule has 0 spiro atoms. The van der Waals surface area contributed by atoms with Crippen LogP contribution in [0.2, 0.25) is 0 Å². The van der Waals surface area contributed by atoms with E-state index in [0.717, 1.165) is 4.47 Å². The summed E-state index contributed by atoms with van der Waals surface area (Å²) in [5, 5.41) is 14.8. The minimum Gasteiger partial charge on any atom is -0.494 e. The van der Waals surface area contributed by atoms with Gasteiger partial charge in [-0.15, -0.1) is 0 Å². The number of benzene rings is 2. The molecule has 3 aromatic rings. The van der Waals surface area contributed by atoms with Gasteiger partial charge in [0, 0.05) is 21.6 Å². The molecule has 24 heavy (non-hydrogen) atoms. The lowest BCUT2D eigenvalue weighted by atomic mass is 10.1. The first-order valence-electron chi connectivity index (χ1n) is 6.83. The van der Waals surface area contributed by atoms with Crippen LogP contribution in [0.25, 0.3) is 10.9 Å². The average Bonchev–Trinajstić information content (AvgIpc) is 2.55. The van der Waals surface area contributed by atoms with E-state index >= 15 is 0 Å². The van der Waals surface area contributed by atoms with Crippen LogP contribution in [0.1, 0.15) is 0 Å². The van der Waals surface area contributed by atoms with Crippen LogP contribution in [0.4, 0.5) is 21.5 Å². The molecule has 0 aliphatic heterocycles. The van der Waals surface area contributed by atoms with Gasteiger partial charge in [0.15, 0.2) is 11.6 Å². The molecule has 0 saturated carbocycles. The van der Waals surface area contributed by atoms with Crippen molar-refractivity contribution >= 4 is 43.9 Å². The Morgan fingerprint density at radius 1 is 1.29 bits per heavy atom. The molecule has 2 aromatic carbocycles. The van der Waals surface area contributed by atoms with E-state index in [1.165, 1.54) is 25.4 Å². The normalized spacial score (nSPS) is 10.6. The van der Waals surface area contributed by atoms with E-state index < -0.39 is 10.7 Å². The zero-order chi connectivity index (χ0) is 17.3. The highest BCUT2D eigenvalue weighted by molar-refractivity contribution is 9.10. The summed E-state index contributed by atoms with van der Waals surface area (Å²) < 4.78 is 19.5. The summed E-state index contributed by atoms with van der Waals surface area (Å²) in [6, 6.07) is 9.49. The van der Waals surface area contributed by atoms with Gasteiger partial charge in [-0.25, -0.2) is 9.37 Å². The monoisotopic (exact) mass is 391 g/mol. The average molecular weight is 392 g/mol. The van der Waals surface area contributed by atoms with Crippen molar-refractivity contribution in [2.24, 2.45) is 0 Å². The summed E-state index contributed by atoms with van der Waals surface area (Å²) in [7, 11) is 1.37. The number of methoxy groups -OCH3 is 1. The second-order valence-corrected chi connectivity index (χ2v) is 5.83. The fraction of sp³-hybridized carbons (Fsp3) is 0.0625. The predicted octanol–water partition coefficient (Wildman–Crippen LogP) is 4.80. The van der Waals surface area contributed by atoms with Gasteiger partial charge in [-0.05, 0) is 30.3 Å². The van der Waals surface area contributed by atoms with Gasteiger partial charge in [-0.3, -0.25) is 10.1 Å². The van der Waals surface area contributed by atoms with E-state index in [1.807, 2.05) is 0 Å². The topological polar surface area (TPSA) is 77.3 Å². The Labute approximate surface area is 144 Å². The molecule has 8 heteroatoms. The first kappa shape index (κ1) is 16.1.